The highest BCUT2D eigenvalue weighted by Crippen LogP contribution is 2.25. The first-order chi connectivity index (χ1) is 8.49. The zero-order chi connectivity index (χ0) is 13.3. The Bertz CT molecular complexity index is 504. The van der Waals surface area contributed by atoms with Crippen LogP contribution in [0.4, 0.5) is 0 Å². The number of rotatable bonds is 2. The average Bonchev–Trinajstić information content (AvgIpc) is 2.81. The molecule has 1 heterocycles. The first-order valence-corrected chi connectivity index (χ1v) is 6.22. The van der Waals surface area contributed by atoms with Crippen LogP contribution in [-0.2, 0) is 4.79 Å². The first kappa shape index (κ1) is 13.2. The molecule has 0 aliphatic carbocycles. The molecule has 1 aromatic rings. The largest absolute Gasteiger partial charge is 0.481 e. The van der Waals surface area contributed by atoms with Gasteiger partial charge in [-0.2, -0.15) is 0 Å². The van der Waals surface area contributed by atoms with Gasteiger partial charge in [0.15, 0.2) is 0 Å². The molecule has 1 aromatic carbocycles. The molecule has 0 bridgehead atoms. The molecule has 1 aliphatic heterocycles. The molecule has 1 amide bonds. The molecule has 0 radical (unpaired) electrons. The van der Waals surface area contributed by atoms with Gasteiger partial charge >= 0.3 is 5.97 Å². The summed E-state index contributed by atoms with van der Waals surface area (Å²) >= 11 is 11.6. The summed E-state index contributed by atoms with van der Waals surface area (Å²) in [5.41, 5.74) is 0.426. The SMILES string of the molecule is O=C(O)[C@@H]1CCN(C(=O)c2ccc(Cl)c(Cl)c2)C1. The van der Waals surface area contributed by atoms with Gasteiger partial charge in [-0.25, -0.2) is 0 Å². The van der Waals surface area contributed by atoms with Crippen LogP contribution in [0.25, 0.3) is 0 Å². The van der Waals surface area contributed by atoms with E-state index in [1.165, 1.54) is 11.0 Å². The second kappa shape index (κ2) is 5.16. The lowest BCUT2D eigenvalue weighted by atomic mass is 10.1. The maximum atomic E-state index is 12.1. The molecular weight excluding hydrogens is 277 g/mol. The van der Waals surface area contributed by atoms with Crippen molar-refractivity contribution >= 4 is 35.1 Å². The number of hydrogen-bond acceptors (Lipinski definition) is 2. The summed E-state index contributed by atoms with van der Waals surface area (Å²) in [7, 11) is 0. The third-order valence-electron chi connectivity index (χ3n) is 2.99. The van der Waals surface area contributed by atoms with Gasteiger partial charge in [0, 0.05) is 18.7 Å². The molecule has 1 fully saturated rings. The maximum Gasteiger partial charge on any atom is 0.308 e. The molecule has 0 unspecified atom stereocenters. The van der Waals surface area contributed by atoms with Crippen molar-refractivity contribution in [1.82, 2.24) is 4.90 Å². The Kier molecular flexibility index (Phi) is 3.78. The number of nitrogens with zero attached hydrogens (tertiary/aromatic N) is 1. The number of aliphatic carboxylic acids is 1. The third-order valence-corrected chi connectivity index (χ3v) is 3.73. The van der Waals surface area contributed by atoms with Crippen molar-refractivity contribution in [2.75, 3.05) is 13.1 Å². The zero-order valence-electron chi connectivity index (χ0n) is 9.40. The van der Waals surface area contributed by atoms with E-state index in [0.717, 1.165) is 0 Å². The lowest BCUT2D eigenvalue weighted by Gasteiger charge is -2.16. The van der Waals surface area contributed by atoms with Gasteiger partial charge in [-0.3, -0.25) is 9.59 Å². The van der Waals surface area contributed by atoms with Crippen LogP contribution in [0.1, 0.15) is 16.8 Å². The molecule has 0 aromatic heterocycles. The summed E-state index contributed by atoms with van der Waals surface area (Å²) in [5, 5.41) is 9.59. The summed E-state index contributed by atoms with van der Waals surface area (Å²) in [5.74, 6) is -1.55. The highest BCUT2D eigenvalue weighted by Gasteiger charge is 2.31. The van der Waals surface area contributed by atoms with Crippen molar-refractivity contribution in [3.05, 3.63) is 33.8 Å². The minimum atomic E-state index is -0.862. The topological polar surface area (TPSA) is 57.6 Å². The van der Waals surface area contributed by atoms with E-state index in [2.05, 4.69) is 0 Å². The fourth-order valence-corrected chi connectivity index (χ4v) is 2.26. The minimum Gasteiger partial charge on any atom is -0.481 e. The van der Waals surface area contributed by atoms with Crippen LogP contribution in [0.2, 0.25) is 10.0 Å². The summed E-state index contributed by atoms with van der Waals surface area (Å²) in [6.07, 6.45) is 0.488. The highest BCUT2D eigenvalue weighted by atomic mass is 35.5. The van der Waals surface area contributed by atoms with Crippen molar-refractivity contribution in [3.63, 3.8) is 0 Å². The van der Waals surface area contributed by atoms with Gasteiger partial charge in [0.25, 0.3) is 5.91 Å². The van der Waals surface area contributed by atoms with Gasteiger partial charge in [-0.05, 0) is 24.6 Å². The number of carboxylic acids is 1. The van der Waals surface area contributed by atoms with Gasteiger partial charge in [0.05, 0.1) is 16.0 Å². The Labute approximate surface area is 114 Å². The van der Waals surface area contributed by atoms with E-state index >= 15 is 0 Å². The number of likely N-dealkylation sites (tertiary alicyclic amines) is 1. The Balaban J connectivity index is 2.12. The Morgan fingerprint density at radius 2 is 2.00 bits per heavy atom. The molecule has 1 saturated heterocycles. The van der Waals surface area contributed by atoms with Crippen molar-refractivity contribution in [2.24, 2.45) is 5.92 Å². The van der Waals surface area contributed by atoms with Gasteiger partial charge in [0.1, 0.15) is 0 Å². The number of carboxylic acid groups (broad SMARTS) is 1. The van der Waals surface area contributed by atoms with Crippen molar-refractivity contribution < 1.29 is 14.7 Å². The lowest BCUT2D eigenvalue weighted by Crippen LogP contribution is -2.29. The second-order valence-electron chi connectivity index (χ2n) is 4.20. The average molecular weight is 288 g/mol. The molecule has 1 aliphatic rings. The smallest absolute Gasteiger partial charge is 0.308 e. The Morgan fingerprint density at radius 1 is 1.28 bits per heavy atom. The molecule has 0 saturated carbocycles. The van der Waals surface area contributed by atoms with E-state index < -0.39 is 11.9 Å². The van der Waals surface area contributed by atoms with Crippen LogP contribution < -0.4 is 0 Å². The first-order valence-electron chi connectivity index (χ1n) is 5.46. The van der Waals surface area contributed by atoms with Crippen molar-refractivity contribution in [3.8, 4) is 0 Å². The monoisotopic (exact) mass is 287 g/mol. The second-order valence-corrected chi connectivity index (χ2v) is 5.02. The fraction of sp³-hybridized carbons (Fsp3) is 0.333. The Morgan fingerprint density at radius 3 is 2.56 bits per heavy atom. The van der Waals surface area contributed by atoms with Gasteiger partial charge in [0.2, 0.25) is 0 Å². The number of carbonyl (C=O) groups excluding carboxylic acids is 1. The number of hydrogen-bond donors (Lipinski definition) is 1. The van der Waals surface area contributed by atoms with E-state index in [0.29, 0.717) is 28.6 Å². The molecule has 4 nitrogen and oxygen atoms in total. The van der Waals surface area contributed by atoms with E-state index in [-0.39, 0.29) is 12.5 Å². The van der Waals surface area contributed by atoms with Crippen LogP contribution in [0.15, 0.2) is 18.2 Å². The van der Waals surface area contributed by atoms with Gasteiger partial charge in [-0.15, -0.1) is 0 Å². The molecule has 0 spiro atoms. The van der Waals surface area contributed by atoms with Crippen molar-refractivity contribution in [2.45, 2.75) is 6.42 Å². The number of carbonyl (C=O) groups is 2. The van der Waals surface area contributed by atoms with Crippen LogP contribution in [0, 0.1) is 5.92 Å². The maximum absolute atomic E-state index is 12.1. The summed E-state index contributed by atoms with van der Waals surface area (Å²) < 4.78 is 0. The number of halogens is 2. The molecule has 1 atom stereocenters. The standard InChI is InChI=1S/C12H11Cl2NO3/c13-9-2-1-7(5-10(9)14)11(16)15-4-3-8(6-15)12(17)18/h1-2,5,8H,3-4,6H2,(H,17,18)/t8-/m1/s1. The zero-order valence-corrected chi connectivity index (χ0v) is 10.9. The molecule has 96 valence electrons. The van der Waals surface area contributed by atoms with Crippen LogP contribution in [0.5, 0.6) is 0 Å². The molecule has 2 rings (SSSR count). The molecule has 6 heteroatoms. The van der Waals surface area contributed by atoms with E-state index in [1.54, 1.807) is 12.1 Å². The molecule has 18 heavy (non-hydrogen) atoms. The van der Waals surface area contributed by atoms with E-state index in [9.17, 15) is 9.59 Å². The van der Waals surface area contributed by atoms with Crippen molar-refractivity contribution in [1.29, 1.82) is 0 Å². The fourth-order valence-electron chi connectivity index (χ4n) is 1.96. The number of benzene rings is 1. The summed E-state index contributed by atoms with van der Waals surface area (Å²) in [6.45, 7) is 0.699. The predicted octanol–water partition coefficient (Wildman–Crippen LogP) is 2.54. The lowest BCUT2D eigenvalue weighted by molar-refractivity contribution is -0.141. The molecule has 1 N–H and O–H groups in total. The predicted molar refractivity (Wildman–Crippen MR) is 68.1 cm³/mol. The van der Waals surface area contributed by atoms with Gasteiger partial charge < -0.3 is 10.0 Å². The summed E-state index contributed by atoms with van der Waals surface area (Å²) in [6, 6.07) is 4.65. The summed E-state index contributed by atoms with van der Waals surface area (Å²) in [4.78, 5) is 24.5. The van der Waals surface area contributed by atoms with E-state index in [4.69, 9.17) is 28.3 Å². The van der Waals surface area contributed by atoms with Gasteiger partial charge in [-0.1, -0.05) is 23.2 Å². The quantitative estimate of drug-likeness (QED) is 0.909. The van der Waals surface area contributed by atoms with E-state index in [1.807, 2.05) is 0 Å². The van der Waals surface area contributed by atoms with Crippen LogP contribution in [-0.4, -0.2) is 35.0 Å². The highest BCUT2D eigenvalue weighted by molar-refractivity contribution is 6.42. The number of amides is 1. The van der Waals surface area contributed by atoms with Crippen LogP contribution in [0.3, 0.4) is 0 Å². The normalized spacial score (nSPS) is 19.0. The van der Waals surface area contributed by atoms with Crippen LogP contribution >= 0.6 is 23.2 Å². The Hall–Kier alpha value is -1.26. The third kappa shape index (κ3) is 2.60. The molecular formula is C12H11Cl2NO3. The minimum absolute atomic E-state index is 0.211.